The lowest BCUT2D eigenvalue weighted by Gasteiger charge is -2.12. The van der Waals surface area contributed by atoms with Crippen molar-refractivity contribution in [1.29, 1.82) is 0 Å². The summed E-state index contributed by atoms with van der Waals surface area (Å²) >= 11 is 6.10. The van der Waals surface area contributed by atoms with E-state index in [-0.39, 0.29) is 5.69 Å². The van der Waals surface area contributed by atoms with E-state index in [2.05, 4.69) is 10.3 Å². The number of nitrogens with one attached hydrogen (secondary N) is 1. The van der Waals surface area contributed by atoms with Gasteiger partial charge in [0.2, 0.25) is 0 Å². The smallest absolute Gasteiger partial charge is 0.355 e. The molecule has 2 heterocycles. The molecule has 0 radical (unpaired) electrons. The molecule has 0 saturated heterocycles. The van der Waals surface area contributed by atoms with Crippen molar-refractivity contribution in [3.05, 3.63) is 65.1 Å². The summed E-state index contributed by atoms with van der Waals surface area (Å²) in [6.45, 7) is 0.445. The summed E-state index contributed by atoms with van der Waals surface area (Å²) in [5.41, 5.74) is 2.17. The topological polar surface area (TPSA) is 66.6 Å². The Hall–Kier alpha value is -2.53. The van der Waals surface area contributed by atoms with Crippen LogP contribution in [-0.2, 0) is 6.54 Å². The van der Waals surface area contributed by atoms with Crippen LogP contribution in [0.15, 0.2) is 48.8 Å². The number of halogens is 1. The Morgan fingerprint density at radius 3 is 2.86 bits per heavy atom. The zero-order chi connectivity index (χ0) is 14.8. The number of aromatic nitrogens is 2. The number of hydrogen-bond donors (Lipinski definition) is 2. The molecule has 0 aliphatic carbocycles. The summed E-state index contributed by atoms with van der Waals surface area (Å²) in [6, 6.07) is 10.9. The zero-order valence-corrected chi connectivity index (χ0v) is 11.7. The molecule has 0 atom stereocenters. The molecule has 1 aromatic carbocycles. The van der Waals surface area contributed by atoms with Crippen LogP contribution in [0.1, 0.15) is 16.1 Å². The van der Waals surface area contributed by atoms with Crippen LogP contribution in [-0.4, -0.2) is 20.5 Å². The maximum Gasteiger partial charge on any atom is 0.355 e. The van der Waals surface area contributed by atoms with E-state index in [9.17, 15) is 9.90 Å². The van der Waals surface area contributed by atoms with Gasteiger partial charge in [-0.15, -0.1) is 0 Å². The van der Waals surface area contributed by atoms with Crippen molar-refractivity contribution in [2.75, 3.05) is 5.32 Å². The van der Waals surface area contributed by atoms with Gasteiger partial charge in [-0.2, -0.15) is 0 Å². The first-order chi connectivity index (χ1) is 10.2. The van der Waals surface area contributed by atoms with Crippen molar-refractivity contribution >= 4 is 28.9 Å². The van der Waals surface area contributed by atoms with Crippen LogP contribution in [0.4, 0.5) is 5.69 Å². The molecule has 2 N–H and O–H groups in total. The number of rotatable bonds is 4. The van der Waals surface area contributed by atoms with Crippen molar-refractivity contribution in [1.82, 2.24) is 9.38 Å². The molecule has 106 valence electrons. The van der Waals surface area contributed by atoms with E-state index in [4.69, 9.17) is 11.6 Å². The number of anilines is 1. The standard InChI is InChI=1S/C15H12ClN3O2/c16-11-4-2-1-3-10(11)9-18-12-5-6-13-17-7-8-19(13)14(12)15(20)21/h1-8,18H,9H2,(H,20,21). The van der Waals surface area contributed by atoms with E-state index in [1.165, 1.54) is 4.40 Å². The lowest BCUT2D eigenvalue weighted by atomic mass is 10.2. The van der Waals surface area contributed by atoms with Crippen LogP contribution in [0.2, 0.25) is 5.02 Å². The fraction of sp³-hybridized carbons (Fsp3) is 0.0667. The van der Waals surface area contributed by atoms with Gasteiger partial charge >= 0.3 is 5.97 Å². The summed E-state index contributed by atoms with van der Waals surface area (Å²) in [5.74, 6) is -1.01. The molecule has 0 aliphatic rings. The van der Waals surface area contributed by atoms with Gasteiger partial charge in [-0.3, -0.25) is 4.40 Å². The van der Waals surface area contributed by atoms with Gasteiger partial charge in [-0.25, -0.2) is 9.78 Å². The number of nitrogens with zero attached hydrogens (tertiary/aromatic N) is 2. The second kappa shape index (κ2) is 5.46. The van der Waals surface area contributed by atoms with Crippen molar-refractivity contribution < 1.29 is 9.90 Å². The van der Waals surface area contributed by atoms with Crippen LogP contribution in [0, 0.1) is 0 Å². The fourth-order valence-corrected chi connectivity index (χ4v) is 2.39. The number of hydrogen-bond acceptors (Lipinski definition) is 3. The number of carboxylic acid groups (broad SMARTS) is 1. The molecule has 6 heteroatoms. The second-order valence-corrected chi connectivity index (χ2v) is 4.91. The van der Waals surface area contributed by atoms with Gasteiger partial charge in [-0.05, 0) is 23.8 Å². The maximum atomic E-state index is 11.5. The van der Waals surface area contributed by atoms with Gasteiger partial charge in [0.15, 0.2) is 5.69 Å². The Morgan fingerprint density at radius 1 is 1.29 bits per heavy atom. The quantitative estimate of drug-likeness (QED) is 0.776. The molecule has 0 amide bonds. The molecular formula is C15H12ClN3O2. The third kappa shape index (κ3) is 2.55. The maximum absolute atomic E-state index is 11.5. The fourth-order valence-electron chi connectivity index (χ4n) is 2.19. The first-order valence-electron chi connectivity index (χ1n) is 6.33. The summed E-state index contributed by atoms with van der Waals surface area (Å²) < 4.78 is 1.54. The predicted octanol–water partition coefficient (Wildman–Crippen LogP) is 3.30. The molecule has 3 aromatic rings. The number of benzene rings is 1. The largest absolute Gasteiger partial charge is 0.476 e. The van der Waals surface area contributed by atoms with Gasteiger partial charge in [0.25, 0.3) is 0 Å². The SMILES string of the molecule is O=C(O)c1c(NCc2ccccc2Cl)ccc2nccn12. The Balaban J connectivity index is 1.95. The van der Waals surface area contributed by atoms with Crippen LogP contribution in [0.5, 0.6) is 0 Å². The summed E-state index contributed by atoms with van der Waals surface area (Å²) in [4.78, 5) is 15.6. The normalized spacial score (nSPS) is 10.7. The minimum atomic E-state index is -1.01. The van der Waals surface area contributed by atoms with Crippen LogP contribution < -0.4 is 5.32 Å². The number of pyridine rings is 1. The average molecular weight is 302 g/mol. The second-order valence-electron chi connectivity index (χ2n) is 4.50. The number of carboxylic acids is 1. The molecule has 0 fully saturated rings. The van der Waals surface area contributed by atoms with Gasteiger partial charge in [0, 0.05) is 24.0 Å². The van der Waals surface area contributed by atoms with Crippen LogP contribution in [0.25, 0.3) is 5.65 Å². The van der Waals surface area contributed by atoms with Crippen molar-refractivity contribution in [3.8, 4) is 0 Å². The average Bonchev–Trinajstić information content (AvgIpc) is 2.93. The van der Waals surface area contributed by atoms with Crippen molar-refractivity contribution in [2.45, 2.75) is 6.54 Å². The zero-order valence-electron chi connectivity index (χ0n) is 11.0. The molecule has 0 saturated carbocycles. The predicted molar refractivity (Wildman–Crippen MR) is 80.9 cm³/mol. The molecule has 5 nitrogen and oxygen atoms in total. The third-order valence-corrected chi connectivity index (χ3v) is 3.56. The highest BCUT2D eigenvalue weighted by molar-refractivity contribution is 6.31. The third-order valence-electron chi connectivity index (χ3n) is 3.19. The number of aromatic carboxylic acids is 1. The number of fused-ring (bicyclic) bond motifs is 1. The van der Waals surface area contributed by atoms with Crippen LogP contribution in [0.3, 0.4) is 0 Å². The molecular weight excluding hydrogens is 290 g/mol. The Morgan fingerprint density at radius 2 is 2.10 bits per heavy atom. The number of carbonyl (C=O) groups is 1. The minimum absolute atomic E-state index is 0.150. The molecule has 2 aromatic heterocycles. The summed E-state index contributed by atoms with van der Waals surface area (Å²) in [5, 5.41) is 13.2. The van der Waals surface area contributed by atoms with E-state index in [0.29, 0.717) is 22.9 Å². The van der Waals surface area contributed by atoms with Crippen molar-refractivity contribution in [3.63, 3.8) is 0 Å². The van der Waals surface area contributed by atoms with E-state index in [0.717, 1.165) is 5.56 Å². The monoisotopic (exact) mass is 301 g/mol. The van der Waals surface area contributed by atoms with E-state index in [1.54, 1.807) is 30.6 Å². The summed E-state index contributed by atoms with van der Waals surface area (Å²) in [7, 11) is 0. The molecule has 0 spiro atoms. The lowest BCUT2D eigenvalue weighted by molar-refractivity contribution is 0.0690. The molecule has 0 bridgehead atoms. The first kappa shape index (κ1) is 13.5. The van der Waals surface area contributed by atoms with E-state index < -0.39 is 5.97 Å². The van der Waals surface area contributed by atoms with Gasteiger partial charge in [0.05, 0.1) is 5.69 Å². The highest BCUT2D eigenvalue weighted by Crippen LogP contribution is 2.21. The van der Waals surface area contributed by atoms with Gasteiger partial charge in [-0.1, -0.05) is 29.8 Å². The Labute approximate surface area is 125 Å². The molecule has 0 unspecified atom stereocenters. The number of imidazole rings is 1. The minimum Gasteiger partial charge on any atom is -0.476 e. The Kier molecular flexibility index (Phi) is 3.50. The van der Waals surface area contributed by atoms with Crippen molar-refractivity contribution in [2.24, 2.45) is 0 Å². The highest BCUT2D eigenvalue weighted by atomic mass is 35.5. The van der Waals surface area contributed by atoms with E-state index in [1.807, 2.05) is 18.2 Å². The first-order valence-corrected chi connectivity index (χ1v) is 6.71. The molecule has 21 heavy (non-hydrogen) atoms. The highest BCUT2D eigenvalue weighted by Gasteiger charge is 2.15. The molecule has 0 aliphatic heterocycles. The van der Waals surface area contributed by atoms with Crippen LogP contribution >= 0.6 is 11.6 Å². The van der Waals surface area contributed by atoms with Gasteiger partial charge in [0.1, 0.15) is 5.65 Å². The summed E-state index contributed by atoms with van der Waals surface area (Å²) in [6.07, 6.45) is 3.19. The molecule has 3 rings (SSSR count). The van der Waals surface area contributed by atoms with Gasteiger partial charge < -0.3 is 10.4 Å². The van der Waals surface area contributed by atoms with E-state index >= 15 is 0 Å². The Bertz CT molecular complexity index is 814. The lowest BCUT2D eigenvalue weighted by Crippen LogP contribution is -2.11.